The molecular formula is C18H15Cl2N5O2S2. The van der Waals surface area contributed by atoms with Gasteiger partial charge in [-0.25, -0.2) is 24.9 Å². The molecule has 0 N–H and O–H groups in total. The highest BCUT2D eigenvalue weighted by Gasteiger charge is 2.45. The van der Waals surface area contributed by atoms with Crippen LogP contribution >= 0.6 is 46.7 Å². The second kappa shape index (κ2) is 9.25. The summed E-state index contributed by atoms with van der Waals surface area (Å²) in [7, 11) is 0. The molecule has 11 heteroatoms. The van der Waals surface area contributed by atoms with Gasteiger partial charge in [-0.3, -0.25) is 4.79 Å². The molecule has 0 fully saturated rings. The van der Waals surface area contributed by atoms with Gasteiger partial charge in [0.15, 0.2) is 10.3 Å². The largest absolute Gasteiger partial charge is 0.441 e. The number of pyridine rings is 1. The summed E-state index contributed by atoms with van der Waals surface area (Å²) in [5.41, 5.74) is -0.535. The minimum absolute atomic E-state index is 0.101. The molecule has 7 nitrogen and oxygen atoms in total. The van der Waals surface area contributed by atoms with Crippen LogP contribution < -0.4 is 0 Å². The lowest BCUT2D eigenvalue weighted by Gasteiger charge is -2.33. The molecule has 0 saturated heterocycles. The van der Waals surface area contributed by atoms with Gasteiger partial charge in [-0.15, -0.1) is 0 Å². The molecule has 3 aromatic heterocycles. The van der Waals surface area contributed by atoms with Crippen LogP contribution in [-0.4, -0.2) is 43.4 Å². The predicted molar refractivity (Wildman–Crippen MR) is 114 cm³/mol. The van der Waals surface area contributed by atoms with Crippen molar-refractivity contribution in [3.05, 3.63) is 63.9 Å². The molecule has 3 aromatic rings. The number of hydrogen-bond donors (Lipinski definition) is 0. The zero-order valence-corrected chi connectivity index (χ0v) is 18.7. The quantitative estimate of drug-likeness (QED) is 0.228. The molecular weight excluding hydrogens is 453 g/mol. The van der Waals surface area contributed by atoms with E-state index in [1.807, 2.05) is 12.5 Å². The summed E-state index contributed by atoms with van der Waals surface area (Å²) in [6, 6.07) is 4.86. The summed E-state index contributed by atoms with van der Waals surface area (Å²) in [5, 5.41) is 1.40. The number of hydrogen-bond acceptors (Lipinski definition) is 9. The third-order valence-corrected chi connectivity index (χ3v) is 5.47. The Morgan fingerprint density at radius 2 is 1.55 bits per heavy atom. The van der Waals surface area contributed by atoms with Crippen LogP contribution in [0.4, 0.5) is 0 Å². The molecule has 3 heterocycles. The second-order valence-electron chi connectivity index (χ2n) is 5.62. The van der Waals surface area contributed by atoms with Gasteiger partial charge in [-0.1, -0.05) is 46.7 Å². The smallest absolute Gasteiger partial charge is 0.304 e. The van der Waals surface area contributed by atoms with E-state index in [9.17, 15) is 4.79 Å². The van der Waals surface area contributed by atoms with Crippen molar-refractivity contribution in [2.75, 3.05) is 12.5 Å². The lowest BCUT2D eigenvalue weighted by atomic mass is 9.87. The average molecular weight is 468 g/mol. The fourth-order valence-corrected chi connectivity index (χ4v) is 3.83. The zero-order valence-electron chi connectivity index (χ0n) is 15.6. The normalized spacial score (nSPS) is 11.3. The topological polar surface area (TPSA) is 90.8 Å². The molecule has 0 bridgehead atoms. The number of carbonyl (C=O) groups excluding carboxylic acids is 1. The second-order valence-corrected chi connectivity index (χ2v) is 7.97. The fourth-order valence-electron chi connectivity index (χ4n) is 2.72. The van der Waals surface area contributed by atoms with E-state index in [0.29, 0.717) is 32.3 Å². The number of nitrogens with zero attached hydrogens (tertiary/aromatic N) is 5. The van der Waals surface area contributed by atoms with E-state index in [2.05, 4.69) is 24.9 Å². The molecule has 0 atom stereocenters. The van der Waals surface area contributed by atoms with Gasteiger partial charge in [0, 0.05) is 31.1 Å². The molecule has 0 aromatic carbocycles. The Morgan fingerprint density at radius 3 is 2.03 bits per heavy atom. The maximum atomic E-state index is 12.3. The van der Waals surface area contributed by atoms with Gasteiger partial charge in [0.1, 0.15) is 5.15 Å². The first kappa shape index (κ1) is 21.8. The van der Waals surface area contributed by atoms with Gasteiger partial charge in [0.2, 0.25) is 5.60 Å². The molecule has 0 amide bonds. The van der Waals surface area contributed by atoms with E-state index < -0.39 is 11.6 Å². The van der Waals surface area contributed by atoms with Crippen LogP contribution in [0.3, 0.4) is 0 Å². The summed E-state index contributed by atoms with van der Waals surface area (Å²) < 4.78 is 5.91. The SMILES string of the molecule is CSc1nccc(C(OC(C)=O)(c2ccnc(SC)n2)c2cc(Cl)cnc2Cl)n1. The molecule has 0 spiro atoms. The molecule has 0 aliphatic carbocycles. The first-order valence-electron chi connectivity index (χ1n) is 8.16. The fraction of sp³-hybridized carbons (Fsp3) is 0.222. The van der Waals surface area contributed by atoms with Crippen molar-refractivity contribution < 1.29 is 9.53 Å². The molecule has 0 unspecified atom stereocenters. The highest BCUT2D eigenvalue weighted by Crippen LogP contribution is 2.42. The number of carbonyl (C=O) groups is 1. The summed E-state index contributed by atoms with van der Waals surface area (Å²) in [6.45, 7) is 1.30. The van der Waals surface area contributed by atoms with Crippen molar-refractivity contribution in [3.63, 3.8) is 0 Å². The van der Waals surface area contributed by atoms with Crippen LogP contribution in [0.15, 0.2) is 47.1 Å². The van der Waals surface area contributed by atoms with Gasteiger partial charge in [-0.2, -0.15) is 0 Å². The van der Waals surface area contributed by atoms with E-state index >= 15 is 0 Å². The number of esters is 1. The number of aromatic nitrogens is 5. The Bertz CT molecular complexity index is 1010. The Balaban J connectivity index is 2.44. The van der Waals surface area contributed by atoms with E-state index in [1.165, 1.54) is 36.6 Å². The van der Waals surface area contributed by atoms with Crippen LogP contribution in [0.25, 0.3) is 0 Å². The van der Waals surface area contributed by atoms with Gasteiger partial charge in [0.25, 0.3) is 0 Å². The number of ether oxygens (including phenoxy) is 1. The molecule has 0 aliphatic rings. The van der Waals surface area contributed by atoms with Crippen molar-refractivity contribution in [3.8, 4) is 0 Å². The molecule has 3 rings (SSSR count). The number of rotatable bonds is 6. The molecule has 0 radical (unpaired) electrons. The number of thioether (sulfide) groups is 2. The van der Waals surface area contributed by atoms with Crippen molar-refractivity contribution in [2.45, 2.75) is 22.8 Å². The Morgan fingerprint density at radius 1 is 1.00 bits per heavy atom. The summed E-state index contributed by atoms with van der Waals surface area (Å²) >= 11 is 15.4. The lowest BCUT2D eigenvalue weighted by molar-refractivity contribution is -0.151. The number of halogens is 2. The van der Waals surface area contributed by atoms with Gasteiger partial charge in [-0.05, 0) is 30.7 Å². The minimum atomic E-state index is -1.60. The van der Waals surface area contributed by atoms with E-state index in [4.69, 9.17) is 27.9 Å². The van der Waals surface area contributed by atoms with Crippen molar-refractivity contribution in [1.82, 2.24) is 24.9 Å². The summed E-state index contributed by atoms with van der Waals surface area (Å²) in [6.07, 6.45) is 8.25. The van der Waals surface area contributed by atoms with Crippen LogP contribution in [0.1, 0.15) is 23.9 Å². The van der Waals surface area contributed by atoms with Crippen LogP contribution in [0.2, 0.25) is 10.2 Å². The maximum absolute atomic E-state index is 12.3. The average Bonchev–Trinajstić information content (AvgIpc) is 2.73. The van der Waals surface area contributed by atoms with E-state index in [1.54, 1.807) is 30.6 Å². The first-order chi connectivity index (χ1) is 13.9. The van der Waals surface area contributed by atoms with Crippen LogP contribution in [-0.2, 0) is 15.1 Å². The van der Waals surface area contributed by atoms with Gasteiger partial charge in [0.05, 0.1) is 16.4 Å². The van der Waals surface area contributed by atoms with Gasteiger partial charge >= 0.3 is 5.97 Å². The molecule has 0 saturated carbocycles. The first-order valence-corrected chi connectivity index (χ1v) is 11.4. The maximum Gasteiger partial charge on any atom is 0.304 e. The lowest BCUT2D eigenvalue weighted by Crippen LogP contribution is -2.37. The van der Waals surface area contributed by atoms with E-state index in [-0.39, 0.29) is 5.15 Å². The van der Waals surface area contributed by atoms with E-state index in [0.717, 1.165) is 0 Å². The Hall–Kier alpha value is -1.94. The molecule has 150 valence electrons. The molecule has 0 aliphatic heterocycles. The third-order valence-electron chi connectivity index (χ3n) is 3.84. The van der Waals surface area contributed by atoms with Crippen LogP contribution in [0.5, 0.6) is 0 Å². The van der Waals surface area contributed by atoms with Gasteiger partial charge < -0.3 is 4.74 Å². The summed E-state index contributed by atoms with van der Waals surface area (Å²) in [4.78, 5) is 34.0. The predicted octanol–water partition coefficient (Wildman–Crippen LogP) is 4.27. The standard InChI is InChI=1S/C18H15Cl2N5O2S2/c1-10(26)27-18(12-8-11(19)9-23-15(12)20,13-4-6-21-16(24-13)28-2)14-5-7-22-17(25-14)29-3/h4-9H,1-3H3. The monoisotopic (exact) mass is 467 g/mol. The Labute approximate surface area is 186 Å². The Kier molecular flexibility index (Phi) is 6.94. The third kappa shape index (κ3) is 4.48. The van der Waals surface area contributed by atoms with Crippen molar-refractivity contribution in [2.24, 2.45) is 0 Å². The highest BCUT2D eigenvalue weighted by molar-refractivity contribution is 7.98. The zero-order chi connectivity index (χ0) is 21.0. The molecule has 29 heavy (non-hydrogen) atoms. The summed E-state index contributed by atoms with van der Waals surface area (Å²) in [5.74, 6) is -0.560. The van der Waals surface area contributed by atoms with Crippen LogP contribution in [0, 0.1) is 0 Å². The highest BCUT2D eigenvalue weighted by atomic mass is 35.5. The van der Waals surface area contributed by atoms with Crippen molar-refractivity contribution >= 4 is 52.7 Å². The minimum Gasteiger partial charge on any atom is -0.441 e. The van der Waals surface area contributed by atoms with Crippen molar-refractivity contribution in [1.29, 1.82) is 0 Å².